The summed E-state index contributed by atoms with van der Waals surface area (Å²) in [6.45, 7) is 0. The molecule has 2 rings (SSSR count). The number of nitro groups is 1. The molecule has 0 saturated carbocycles. The van der Waals surface area contributed by atoms with E-state index in [2.05, 4.69) is 0 Å². The first kappa shape index (κ1) is 13.8. The van der Waals surface area contributed by atoms with Crippen LogP contribution < -0.4 is 11.5 Å². The van der Waals surface area contributed by atoms with Crippen LogP contribution in [0.5, 0.6) is 0 Å². The van der Waals surface area contributed by atoms with E-state index in [9.17, 15) is 14.9 Å². The molecule has 0 aliphatic heterocycles. The molecule has 0 aliphatic rings. The molecule has 0 radical (unpaired) electrons. The van der Waals surface area contributed by atoms with Crippen LogP contribution >= 0.6 is 0 Å². The molecule has 0 bridgehead atoms. The molecular weight excluding hydrogens is 262 g/mol. The van der Waals surface area contributed by atoms with E-state index in [0.29, 0.717) is 17.1 Å². The third kappa shape index (κ3) is 3.01. The number of carbonyl (C=O) groups excluding carboxylic acids is 1. The second kappa shape index (κ2) is 5.54. The van der Waals surface area contributed by atoms with Gasteiger partial charge in [-0.25, -0.2) is 0 Å². The minimum atomic E-state index is -0.598. The van der Waals surface area contributed by atoms with Gasteiger partial charge in [0.25, 0.3) is 5.69 Å². The zero-order chi connectivity index (χ0) is 14.7. The molecule has 4 N–H and O–H groups in total. The summed E-state index contributed by atoms with van der Waals surface area (Å²) < 4.78 is 5.53. The lowest BCUT2D eigenvalue weighted by Gasteiger charge is -2.05. The standard InChI is InChI=1S/C13H13N3O4/c14-10(7-13(15)17)12-6-5-11(20-12)8-1-3-9(4-2-8)16(18)19/h1-6,10H,7,14H2,(H2,15,17). The number of primary amides is 1. The van der Waals surface area contributed by atoms with Gasteiger partial charge in [0, 0.05) is 24.1 Å². The fourth-order valence-electron chi connectivity index (χ4n) is 1.77. The number of nitro benzene ring substituents is 1. The lowest BCUT2D eigenvalue weighted by atomic mass is 10.1. The summed E-state index contributed by atoms with van der Waals surface area (Å²) in [7, 11) is 0. The van der Waals surface area contributed by atoms with E-state index < -0.39 is 16.9 Å². The molecule has 0 saturated heterocycles. The normalized spacial score (nSPS) is 12.1. The molecule has 1 aromatic carbocycles. The van der Waals surface area contributed by atoms with Crippen molar-refractivity contribution in [2.45, 2.75) is 12.5 Å². The van der Waals surface area contributed by atoms with Crippen LogP contribution in [0.3, 0.4) is 0 Å². The summed E-state index contributed by atoms with van der Waals surface area (Å²) in [6.07, 6.45) is -0.00673. The predicted molar refractivity (Wildman–Crippen MR) is 71.5 cm³/mol. The van der Waals surface area contributed by atoms with Gasteiger partial charge in [-0.05, 0) is 24.3 Å². The molecule has 1 amide bonds. The third-order valence-electron chi connectivity index (χ3n) is 2.78. The lowest BCUT2D eigenvalue weighted by Crippen LogP contribution is -2.20. The van der Waals surface area contributed by atoms with Gasteiger partial charge in [-0.2, -0.15) is 0 Å². The zero-order valence-corrected chi connectivity index (χ0v) is 10.5. The van der Waals surface area contributed by atoms with E-state index in [-0.39, 0.29) is 12.1 Å². The molecule has 7 nitrogen and oxygen atoms in total. The van der Waals surface area contributed by atoms with Crippen LogP contribution in [0.4, 0.5) is 5.69 Å². The molecule has 104 valence electrons. The van der Waals surface area contributed by atoms with Crippen molar-refractivity contribution >= 4 is 11.6 Å². The van der Waals surface area contributed by atoms with Gasteiger partial charge >= 0.3 is 0 Å². The smallest absolute Gasteiger partial charge is 0.269 e. The number of rotatable bonds is 5. The minimum absolute atomic E-state index is 0.00552. The summed E-state index contributed by atoms with van der Waals surface area (Å²) in [6, 6.07) is 8.70. The molecule has 1 heterocycles. The highest BCUT2D eigenvalue weighted by atomic mass is 16.6. The second-order valence-corrected chi connectivity index (χ2v) is 4.28. The Kier molecular flexibility index (Phi) is 3.81. The number of nitrogens with two attached hydrogens (primary N) is 2. The molecule has 2 aromatic rings. The van der Waals surface area contributed by atoms with Crippen molar-refractivity contribution in [3.63, 3.8) is 0 Å². The first-order valence-corrected chi connectivity index (χ1v) is 5.86. The minimum Gasteiger partial charge on any atom is -0.459 e. The highest BCUT2D eigenvalue weighted by Gasteiger charge is 2.14. The maximum atomic E-state index is 10.8. The van der Waals surface area contributed by atoms with Crippen LogP contribution in [-0.4, -0.2) is 10.8 Å². The van der Waals surface area contributed by atoms with E-state index >= 15 is 0 Å². The van der Waals surface area contributed by atoms with Gasteiger partial charge in [-0.3, -0.25) is 14.9 Å². The van der Waals surface area contributed by atoms with Gasteiger partial charge in [0.1, 0.15) is 11.5 Å². The van der Waals surface area contributed by atoms with Gasteiger partial charge < -0.3 is 15.9 Å². The van der Waals surface area contributed by atoms with Crippen molar-refractivity contribution in [3.8, 4) is 11.3 Å². The molecule has 1 unspecified atom stereocenters. The first-order chi connectivity index (χ1) is 9.47. The van der Waals surface area contributed by atoms with E-state index in [1.807, 2.05) is 0 Å². The summed E-state index contributed by atoms with van der Waals surface area (Å²) in [4.78, 5) is 20.9. The Morgan fingerprint density at radius 1 is 1.25 bits per heavy atom. The van der Waals surface area contributed by atoms with Gasteiger partial charge in [0.2, 0.25) is 5.91 Å². The van der Waals surface area contributed by atoms with Crippen molar-refractivity contribution < 1.29 is 14.1 Å². The maximum Gasteiger partial charge on any atom is 0.269 e. The summed E-state index contributed by atoms with van der Waals surface area (Å²) >= 11 is 0. The van der Waals surface area contributed by atoms with Crippen LogP contribution in [0.1, 0.15) is 18.2 Å². The van der Waals surface area contributed by atoms with Crippen LogP contribution in [0.15, 0.2) is 40.8 Å². The lowest BCUT2D eigenvalue weighted by molar-refractivity contribution is -0.384. The van der Waals surface area contributed by atoms with Crippen LogP contribution in [0.25, 0.3) is 11.3 Å². The fraction of sp³-hybridized carbons (Fsp3) is 0.154. The van der Waals surface area contributed by atoms with E-state index in [1.54, 1.807) is 24.3 Å². The highest BCUT2D eigenvalue weighted by Crippen LogP contribution is 2.27. The number of benzene rings is 1. The van der Waals surface area contributed by atoms with Gasteiger partial charge in [-0.15, -0.1) is 0 Å². The largest absolute Gasteiger partial charge is 0.459 e. The van der Waals surface area contributed by atoms with E-state index in [0.717, 1.165) is 0 Å². The number of non-ortho nitro benzene ring substituents is 1. The first-order valence-electron chi connectivity index (χ1n) is 5.86. The molecular formula is C13H13N3O4. The second-order valence-electron chi connectivity index (χ2n) is 4.28. The monoisotopic (exact) mass is 275 g/mol. The van der Waals surface area contributed by atoms with Crippen molar-refractivity contribution in [1.82, 2.24) is 0 Å². The Labute approximate surface area is 114 Å². The summed E-state index contributed by atoms with van der Waals surface area (Å²) in [5.41, 5.74) is 11.5. The number of hydrogen-bond acceptors (Lipinski definition) is 5. The van der Waals surface area contributed by atoms with Crippen LogP contribution in [-0.2, 0) is 4.79 Å². The summed E-state index contributed by atoms with van der Waals surface area (Å²) in [5, 5.41) is 10.6. The molecule has 0 spiro atoms. The molecule has 20 heavy (non-hydrogen) atoms. The zero-order valence-electron chi connectivity index (χ0n) is 10.5. The van der Waals surface area contributed by atoms with Gasteiger partial charge in [0.15, 0.2) is 0 Å². The Hall–Kier alpha value is -2.67. The van der Waals surface area contributed by atoms with E-state index in [4.69, 9.17) is 15.9 Å². The van der Waals surface area contributed by atoms with E-state index in [1.165, 1.54) is 12.1 Å². The number of amides is 1. The van der Waals surface area contributed by atoms with Crippen molar-refractivity contribution in [3.05, 3.63) is 52.3 Å². The molecule has 0 fully saturated rings. The highest BCUT2D eigenvalue weighted by molar-refractivity contribution is 5.74. The average Bonchev–Trinajstić information content (AvgIpc) is 2.87. The Morgan fingerprint density at radius 2 is 1.90 bits per heavy atom. The number of hydrogen-bond donors (Lipinski definition) is 2. The van der Waals surface area contributed by atoms with Crippen molar-refractivity contribution in [1.29, 1.82) is 0 Å². The maximum absolute atomic E-state index is 10.8. The van der Waals surface area contributed by atoms with Gasteiger partial charge in [0.05, 0.1) is 11.0 Å². The van der Waals surface area contributed by atoms with Crippen molar-refractivity contribution in [2.75, 3.05) is 0 Å². The fourth-order valence-corrected chi connectivity index (χ4v) is 1.77. The molecule has 7 heteroatoms. The topological polar surface area (TPSA) is 125 Å². The Morgan fingerprint density at radius 3 is 2.45 bits per heavy atom. The number of nitrogens with zero attached hydrogens (tertiary/aromatic N) is 1. The SMILES string of the molecule is NC(=O)CC(N)c1ccc(-c2ccc([N+](=O)[O-])cc2)o1. The Balaban J connectivity index is 2.20. The number of furan rings is 1. The average molecular weight is 275 g/mol. The van der Waals surface area contributed by atoms with Crippen molar-refractivity contribution in [2.24, 2.45) is 11.5 Å². The summed E-state index contributed by atoms with van der Waals surface area (Å²) in [5.74, 6) is 0.456. The molecule has 1 aromatic heterocycles. The molecule has 1 atom stereocenters. The quantitative estimate of drug-likeness (QED) is 0.634. The van der Waals surface area contributed by atoms with Crippen LogP contribution in [0.2, 0.25) is 0 Å². The Bertz CT molecular complexity index is 633. The number of carbonyl (C=O) groups is 1. The third-order valence-corrected chi connectivity index (χ3v) is 2.78. The van der Waals surface area contributed by atoms with Gasteiger partial charge in [-0.1, -0.05) is 0 Å². The predicted octanol–water partition coefficient (Wildman–Crippen LogP) is 1.73. The molecule has 0 aliphatic carbocycles. The van der Waals surface area contributed by atoms with Crippen LogP contribution in [0, 0.1) is 10.1 Å².